The summed E-state index contributed by atoms with van der Waals surface area (Å²) in [6.07, 6.45) is 1.39. The molecular formula is C23H22N8O6. The van der Waals surface area contributed by atoms with Crippen LogP contribution in [0.3, 0.4) is 0 Å². The van der Waals surface area contributed by atoms with E-state index in [4.69, 9.17) is 19.9 Å². The normalized spacial score (nSPS) is 10.9. The quantitative estimate of drug-likeness (QED) is 0.147. The highest BCUT2D eigenvalue weighted by atomic mass is 16.6. The second-order valence-corrected chi connectivity index (χ2v) is 7.33. The number of nitrogens with two attached hydrogens (primary N) is 1. The van der Waals surface area contributed by atoms with Gasteiger partial charge in [0.1, 0.15) is 11.4 Å². The third kappa shape index (κ3) is 5.53. The summed E-state index contributed by atoms with van der Waals surface area (Å²) in [6, 6.07) is 11.7. The summed E-state index contributed by atoms with van der Waals surface area (Å²) in [7, 11) is 1.44. The van der Waals surface area contributed by atoms with Crippen molar-refractivity contribution in [2.24, 2.45) is 5.10 Å². The number of nitrogen functional groups attached to an aromatic ring is 1. The highest BCUT2D eigenvalue weighted by Gasteiger charge is 2.25. The number of hydrazone groups is 1. The van der Waals surface area contributed by atoms with Gasteiger partial charge in [-0.2, -0.15) is 9.78 Å². The van der Waals surface area contributed by atoms with Crippen molar-refractivity contribution < 1.29 is 28.4 Å². The number of nitrogens with one attached hydrogen (secondary N) is 1. The molecule has 4 aromatic rings. The zero-order valence-corrected chi connectivity index (χ0v) is 20.0. The van der Waals surface area contributed by atoms with Gasteiger partial charge in [-0.15, -0.1) is 5.10 Å². The summed E-state index contributed by atoms with van der Waals surface area (Å²) in [4.78, 5) is 24.3. The number of aromatic nitrogens is 5. The van der Waals surface area contributed by atoms with E-state index in [0.29, 0.717) is 29.2 Å². The van der Waals surface area contributed by atoms with Crippen molar-refractivity contribution in [3.05, 3.63) is 53.7 Å². The van der Waals surface area contributed by atoms with Crippen molar-refractivity contribution in [3.8, 4) is 34.3 Å². The Bertz CT molecular complexity index is 1440. The lowest BCUT2D eigenvalue weighted by Crippen LogP contribution is -2.19. The average Bonchev–Trinajstić information content (AvgIpc) is 3.51. The van der Waals surface area contributed by atoms with E-state index in [9.17, 15) is 9.59 Å². The monoisotopic (exact) mass is 506 g/mol. The topological polar surface area (TPSA) is 182 Å². The van der Waals surface area contributed by atoms with Gasteiger partial charge in [0.05, 0.1) is 19.9 Å². The molecule has 1 amide bonds. The fraction of sp³-hybridized carbons (Fsp3) is 0.174. The van der Waals surface area contributed by atoms with Gasteiger partial charge in [-0.1, -0.05) is 5.21 Å². The number of carbonyl (C=O) groups excluding carboxylic acids is 2. The van der Waals surface area contributed by atoms with Gasteiger partial charge in [0.15, 0.2) is 17.2 Å². The molecule has 4 rings (SSSR count). The molecule has 0 aliphatic rings. The number of nitrogens with zero attached hydrogens (tertiary/aromatic N) is 6. The number of ether oxygens (including phenoxy) is 3. The lowest BCUT2D eigenvalue weighted by Gasteiger charge is -2.08. The van der Waals surface area contributed by atoms with Crippen LogP contribution >= 0.6 is 0 Å². The molecule has 37 heavy (non-hydrogen) atoms. The van der Waals surface area contributed by atoms with E-state index < -0.39 is 11.9 Å². The highest BCUT2D eigenvalue weighted by Crippen LogP contribution is 2.29. The lowest BCUT2D eigenvalue weighted by atomic mass is 10.1. The lowest BCUT2D eigenvalue weighted by molar-refractivity contribution is -0.132. The first-order valence-corrected chi connectivity index (χ1v) is 10.9. The molecule has 0 spiro atoms. The first-order valence-electron chi connectivity index (χ1n) is 10.9. The van der Waals surface area contributed by atoms with Crippen LogP contribution in [0.1, 0.15) is 29.9 Å². The van der Waals surface area contributed by atoms with Crippen molar-refractivity contribution in [2.45, 2.75) is 13.8 Å². The summed E-state index contributed by atoms with van der Waals surface area (Å²) in [5, 5.41) is 19.3. The Kier molecular flexibility index (Phi) is 7.37. The van der Waals surface area contributed by atoms with Crippen molar-refractivity contribution in [2.75, 3.05) is 19.5 Å². The smallest absolute Gasteiger partial charge is 0.308 e. The van der Waals surface area contributed by atoms with Crippen LogP contribution in [0.4, 0.5) is 5.82 Å². The number of rotatable bonds is 9. The maximum atomic E-state index is 13.0. The van der Waals surface area contributed by atoms with Crippen molar-refractivity contribution in [1.82, 2.24) is 30.7 Å². The molecule has 3 N–H and O–H groups in total. The molecule has 2 aromatic carbocycles. The highest BCUT2D eigenvalue weighted by molar-refractivity contribution is 5.99. The van der Waals surface area contributed by atoms with E-state index in [1.54, 1.807) is 42.5 Å². The maximum absolute atomic E-state index is 13.0. The number of benzene rings is 2. The van der Waals surface area contributed by atoms with Gasteiger partial charge < -0.3 is 19.9 Å². The summed E-state index contributed by atoms with van der Waals surface area (Å²) >= 11 is 0. The first kappa shape index (κ1) is 24.8. The Morgan fingerprint density at radius 3 is 2.59 bits per heavy atom. The third-order valence-corrected chi connectivity index (χ3v) is 4.84. The molecule has 0 aliphatic heterocycles. The van der Waals surface area contributed by atoms with Gasteiger partial charge in [-0.25, -0.2) is 10.1 Å². The van der Waals surface area contributed by atoms with E-state index >= 15 is 0 Å². The molecule has 0 bridgehead atoms. The number of hydrogen-bond acceptors (Lipinski definition) is 12. The Morgan fingerprint density at radius 1 is 1.16 bits per heavy atom. The Labute approximate surface area is 210 Å². The number of methoxy groups -OCH3 is 1. The van der Waals surface area contributed by atoms with Crippen LogP contribution in [0.2, 0.25) is 0 Å². The standard InChI is InChI=1S/C23H22N8O6/c1-4-35-16-8-6-15(7-9-16)20-19(26-30-31(20)22-21(24)28-37-29-22)23(33)27-25-12-14-5-10-17(36-13(2)32)18(11-14)34-3/h5-12H,4H2,1-3H3,(H2,24,28)(H,27,33)/b25-12-. The fourth-order valence-electron chi connectivity index (χ4n) is 3.28. The molecule has 0 aliphatic carbocycles. The molecule has 0 unspecified atom stereocenters. The maximum Gasteiger partial charge on any atom is 0.308 e. The zero-order valence-electron chi connectivity index (χ0n) is 20.0. The van der Waals surface area contributed by atoms with Gasteiger partial charge in [0.2, 0.25) is 11.6 Å². The number of anilines is 1. The molecule has 0 saturated carbocycles. The van der Waals surface area contributed by atoms with E-state index in [1.165, 1.54) is 24.9 Å². The largest absolute Gasteiger partial charge is 0.494 e. The second-order valence-electron chi connectivity index (χ2n) is 7.33. The molecular weight excluding hydrogens is 484 g/mol. The number of esters is 1. The molecule has 14 heteroatoms. The second kappa shape index (κ2) is 11.0. The molecule has 0 fully saturated rings. The Morgan fingerprint density at radius 2 is 1.95 bits per heavy atom. The van der Waals surface area contributed by atoms with Crippen LogP contribution < -0.4 is 25.4 Å². The average molecular weight is 506 g/mol. The van der Waals surface area contributed by atoms with Crippen LogP contribution in [0.15, 0.2) is 52.2 Å². The van der Waals surface area contributed by atoms with E-state index in [-0.39, 0.29) is 28.8 Å². The van der Waals surface area contributed by atoms with Crippen molar-refractivity contribution in [3.63, 3.8) is 0 Å². The molecule has 0 saturated heterocycles. The molecule has 2 heterocycles. The molecule has 14 nitrogen and oxygen atoms in total. The first-order chi connectivity index (χ1) is 17.9. The van der Waals surface area contributed by atoms with Crippen molar-refractivity contribution >= 4 is 23.9 Å². The number of carbonyl (C=O) groups is 2. The van der Waals surface area contributed by atoms with E-state index in [2.05, 4.69) is 35.8 Å². The minimum atomic E-state index is -0.648. The summed E-state index contributed by atoms with van der Waals surface area (Å²) in [5.74, 6) is 0.140. The molecule has 2 aromatic heterocycles. The van der Waals surface area contributed by atoms with Crippen LogP contribution in [-0.4, -0.2) is 57.1 Å². The molecule has 0 radical (unpaired) electrons. The van der Waals surface area contributed by atoms with Gasteiger partial charge in [-0.3, -0.25) is 9.59 Å². The summed E-state index contributed by atoms with van der Waals surface area (Å²) in [5.41, 5.74) is 9.64. The van der Waals surface area contributed by atoms with Crippen LogP contribution in [-0.2, 0) is 4.79 Å². The third-order valence-electron chi connectivity index (χ3n) is 4.84. The van der Waals surface area contributed by atoms with E-state index in [1.807, 2.05) is 6.92 Å². The predicted octanol–water partition coefficient (Wildman–Crippen LogP) is 2.00. The number of hydrogen-bond donors (Lipinski definition) is 2. The fourth-order valence-corrected chi connectivity index (χ4v) is 3.28. The minimum Gasteiger partial charge on any atom is -0.494 e. The zero-order chi connectivity index (χ0) is 26.4. The van der Waals surface area contributed by atoms with E-state index in [0.717, 1.165) is 0 Å². The Balaban J connectivity index is 1.61. The molecule has 0 atom stereocenters. The summed E-state index contributed by atoms with van der Waals surface area (Å²) in [6.45, 7) is 3.67. The van der Waals surface area contributed by atoms with Crippen LogP contribution in [0, 0.1) is 0 Å². The van der Waals surface area contributed by atoms with Gasteiger partial charge >= 0.3 is 5.97 Å². The van der Waals surface area contributed by atoms with Crippen LogP contribution in [0.25, 0.3) is 17.1 Å². The van der Waals surface area contributed by atoms with Crippen LogP contribution in [0.5, 0.6) is 17.2 Å². The predicted molar refractivity (Wildman–Crippen MR) is 130 cm³/mol. The van der Waals surface area contributed by atoms with Gasteiger partial charge in [0.25, 0.3) is 5.91 Å². The molecule has 190 valence electrons. The van der Waals surface area contributed by atoms with Gasteiger partial charge in [0, 0.05) is 12.5 Å². The Hall–Kier alpha value is -5.27. The number of amides is 1. The SMILES string of the molecule is CCOc1ccc(-c2c(C(=O)N/N=C\c3ccc(OC(C)=O)c(OC)c3)nnn2-c2nonc2N)cc1. The van der Waals surface area contributed by atoms with Crippen molar-refractivity contribution in [1.29, 1.82) is 0 Å². The summed E-state index contributed by atoms with van der Waals surface area (Å²) < 4.78 is 21.7. The minimum absolute atomic E-state index is 0.0341. The van der Waals surface area contributed by atoms with Gasteiger partial charge in [-0.05, 0) is 65.3 Å².